The van der Waals surface area contributed by atoms with E-state index in [9.17, 15) is 9.59 Å². The quantitative estimate of drug-likeness (QED) is 0.791. The van der Waals surface area contributed by atoms with Crippen molar-refractivity contribution in [1.29, 1.82) is 0 Å². The lowest BCUT2D eigenvalue weighted by Crippen LogP contribution is -2.44. The molecule has 1 fully saturated rings. The van der Waals surface area contributed by atoms with Gasteiger partial charge in [0.05, 0.1) is 0 Å². The summed E-state index contributed by atoms with van der Waals surface area (Å²) in [5.41, 5.74) is 1.64. The standard InChI is InChI=1S/C16H19N3O2/c1-10-3-4-11(2)19(10)16(21)15(20)18-13-5-6-14-12(9-13)7-8-17-14/h5-11,17H,3-4H2,1-2H3,(H,18,20)/t10-,11-/m0/s1. The Bertz CT molecular complexity index is 682. The van der Waals surface area contributed by atoms with Crippen LogP contribution in [-0.4, -0.2) is 33.8 Å². The number of benzene rings is 1. The van der Waals surface area contributed by atoms with Gasteiger partial charge in [0.25, 0.3) is 0 Å². The van der Waals surface area contributed by atoms with Crippen LogP contribution in [0.2, 0.25) is 0 Å². The van der Waals surface area contributed by atoms with E-state index in [0.29, 0.717) is 5.69 Å². The first-order chi connectivity index (χ1) is 10.1. The number of rotatable bonds is 1. The fourth-order valence-electron chi connectivity index (χ4n) is 3.03. The Morgan fingerprint density at radius 3 is 2.62 bits per heavy atom. The smallest absolute Gasteiger partial charge is 0.313 e. The Kier molecular flexibility index (Phi) is 3.41. The van der Waals surface area contributed by atoms with Crippen molar-refractivity contribution in [1.82, 2.24) is 9.88 Å². The van der Waals surface area contributed by atoms with Crippen LogP contribution in [0.4, 0.5) is 5.69 Å². The van der Waals surface area contributed by atoms with Crippen molar-refractivity contribution < 1.29 is 9.59 Å². The number of carbonyl (C=O) groups is 2. The summed E-state index contributed by atoms with van der Waals surface area (Å²) in [7, 11) is 0. The Labute approximate surface area is 123 Å². The maximum absolute atomic E-state index is 12.3. The van der Waals surface area contributed by atoms with Crippen LogP contribution >= 0.6 is 0 Å². The van der Waals surface area contributed by atoms with Crippen LogP contribution in [0.25, 0.3) is 10.9 Å². The Morgan fingerprint density at radius 1 is 1.19 bits per heavy atom. The number of aromatic amines is 1. The highest BCUT2D eigenvalue weighted by Gasteiger charge is 2.34. The van der Waals surface area contributed by atoms with Crippen molar-refractivity contribution in [3.8, 4) is 0 Å². The molecule has 0 aliphatic carbocycles. The van der Waals surface area contributed by atoms with Crippen LogP contribution in [0.3, 0.4) is 0 Å². The Morgan fingerprint density at radius 2 is 1.90 bits per heavy atom. The van der Waals surface area contributed by atoms with Crippen molar-refractivity contribution in [2.75, 3.05) is 5.32 Å². The van der Waals surface area contributed by atoms with E-state index in [4.69, 9.17) is 0 Å². The summed E-state index contributed by atoms with van der Waals surface area (Å²) in [5, 5.41) is 3.70. The molecule has 3 rings (SSSR count). The minimum Gasteiger partial charge on any atom is -0.361 e. The van der Waals surface area contributed by atoms with Gasteiger partial charge in [0.1, 0.15) is 0 Å². The lowest BCUT2D eigenvalue weighted by Gasteiger charge is -2.25. The summed E-state index contributed by atoms with van der Waals surface area (Å²) in [6, 6.07) is 7.72. The molecule has 2 heterocycles. The van der Waals surface area contributed by atoms with Crippen LogP contribution in [0.5, 0.6) is 0 Å². The maximum Gasteiger partial charge on any atom is 0.313 e. The highest BCUT2D eigenvalue weighted by Crippen LogP contribution is 2.24. The molecule has 5 nitrogen and oxygen atoms in total. The van der Waals surface area contributed by atoms with E-state index in [0.717, 1.165) is 23.7 Å². The van der Waals surface area contributed by atoms with Crippen LogP contribution in [0.1, 0.15) is 26.7 Å². The van der Waals surface area contributed by atoms with Gasteiger partial charge in [0, 0.05) is 34.9 Å². The van der Waals surface area contributed by atoms with E-state index in [2.05, 4.69) is 10.3 Å². The lowest BCUT2D eigenvalue weighted by molar-refractivity contribution is -0.144. The number of amides is 2. The monoisotopic (exact) mass is 285 g/mol. The number of aromatic nitrogens is 1. The largest absolute Gasteiger partial charge is 0.361 e. The van der Waals surface area contributed by atoms with Gasteiger partial charge in [-0.2, -0.15) is 0 Å². The normalized spacial score (nSPS) is 21.7. The summed E-state index contributed by atoms with van der Waals surface area (Å²) in [6.07, 6.45) is 3.75. The highest BCUT2D eigenvalue weighted by atomic mass is 16.2. The van der Waals surface area contributed by atoms with Gasteiger partial charge in [-0.25, -0.2) is 0 Å². The lowest BCUT2D eigenvalue weighted by atomic mass is 10.2. The van der Waals surface area contributed by atoms with Crippen molar-refractivity contribution in [2.24, 2.45) is 0 Å². The summed E-state index contributed by atoms with van der Waals surface area (Å²) in [4.78, 5) is 29.2. The molecule has 1 aromatic carbocycles. The molecule has 0 radical (unpaired) electrons. The molecule has 21 heavy (non-hydrogen) atoms. The molecule has 1 saturated heterocycles. The summed E-state index contributed by atoms with van der Waals surface area (Å²) < 4.78 is 0. The molecule has 2 amide bonds. The first-order valence-corrected chi connectivity index (χ1v) is 7.27. The highest BCUT2D eigenvalue weighted by molar-refractivity contribution is 6.39. The minimum atomic E-state index is -0.564. The molecule has 2 N–H and O–H groups in total. The van der Waals surface area contributed by atoms with Crippen LogP contribution < -0.4 is 5.32 Å². The van der Waals surface area contributed by atoms with E-state index in [1.165, 1.54) is 0 Å². The molecule has 1 aliphatic heterocycles. The number of nitrogens with zero attached hydrogens (tertiary/aromatic N) is 1. The van der Waals surface area contributed by atoms with Gasteiger partial charge in [0.2, 0.25) is 0 Å². The summed E-state index contributed by atoms with van der Waals surface area (Å²) >= 11 is 0. The predicted molar refractivity (Wildman–Crippen MR) is 81.9 cm³/mol. The van der Waals surface area contributed by atoms with Crippen LogP contribution in [0, 0.1) is 0 Å². The molecule has 0 spiro atoms. The number of hydrogen-bond acceptors (Lipinski definition) is 2. The SMILES string of the molecule is C[C@H]1CC[C@H](C)N1C(=O)C(=O)Nc1ccc2[nH]ccc2c1. The third-order valence-electron chi connectivity index (χ3n) is 4.19. The molecule has 1 aliphatic rings. The zero-order valence-electron chi connectivity index (χ0n) is 12.2. The van der Waals surface area contributed by atoms with Gasteiger partial charge in [-0.3, -0.25) is 9.59 Å². The number of fused-ring (bicyclic) bond motifs is 1. The first kappa shape index (κ1) is 13.7. The zero-order chi connectivity index (χ0) is 15.0. The van der Waals surface area contributed by atoms with Gasteiger partial charge in [-0.1, -0.05) is 0 Å². The Balaban J connectivity index is 1.74. The van der Waals surface area contributed by atoms with Crippen molar-refractivity contribution >= 4 is 28.4 Å². The molecular formula is C16H19N3O2. The number of hydrogen-bond donors (Lipinski definition) is 2. The fraction of sp³-hybridized carbons (Fsp3) is 0.375. The van der Waals surface area contributed by atoms with Crippen molar-refractivity contribution in [3.05, 3.63) is 30.5 Å². The van der Waals surface area contributed by atoms with Crippen LogP contribution in [0.15, 0.2) is 30.5 Å². The molecule has 2 atom stereocenters. The Hall–Kier alpha value is -2.30. The molecular weight excluding hydrogens is 266 g/mol. The number of carbonyl (C=O) groups excluding carboxylic acids is 2. The first-order valence-electron chi connectivity index (χ1n) is 7.27. The number of anilines is 1. The average Bonchev–Trinajstić information content (AvgIpc) is 3.04. The average molecular weight is 285 g/mol. The molecule has 5 heteroatoms. The van der Waals surface area contributed by atoms with E-state index in [1.54, 1.807) is 11.0 Å². The summed E-state index contributed by atoms with van der Waals surface area (Å²) in [6.45, 7) is 3.97. The van der Waals surface area contributed by atoms with E-state index in [-0.39, 0.29) is 12.1 Å². The second-order valence-electron chi connectivity index (χ2n) is 5.72. The van der Waals surface area contributed by atoms with Crippen molar-refractivity contribution in [2.45, 2.75) is 38.8 Å². The molecule has 2 aromatic rings. The van der Waals surface area contributed by atoms with Gasteiger partial charge in [-0.15, -0.1) is 0 Å². The predicted octanol–water partition coefficient (Wildman–Crippen LogP) is 2.51. The maximum atomic E-state index is 12.3. The second kappa shape index (κ2) is 5.24. The zero-order valence-corrected chi connectivity index (χ0v) is 12.2. The van der Waals surface area contributed by atoms with Gasteiger partial charge in [0.15, 0.2) is 0 Å². The molecule has 0 bridgehead atoms. The molecule has 0 saturated carbocycles. The van der Waals surface area contributed by atoms with E-state index < -0.39 is 11.8 Å². The summed E-state index contributed by atoms with van der Waals surface area (Å²) in [5.74, 6) is -1.01. The van der Waals surface area contributed by atoms with E-state index >= 15 is 0 Å². The number of H-pyrrole nitrogens is 1. The van der Waals surface area contributed by atoms with E-state index in [1.807, 2.05) is 38.2 Å². The fourth-order valence-corrected chi connectivity index (χ4v) is 3.03. The van der Waals surface area contributed by atoms with Gasteiger partial charge in [-0.05, 0) is 51.0 Å². The topological polar surface area (TPSA) is 65.2 Å². The number of likely N-dealkylation sites (tertiary alicyclic amines) is 1. The number of nitrogens with one attached hydrogen (secondary N) is 2. The van der Waals surface area contributed by atoms with Crippen molar-refractivity contribution in [3.63, 3.8) is 0 Å². The van der Waals surface area contributed by atoms with Crippen LogP contribution in [-0.2, 0) is 9.59 Å². The molecule has 1 aromatic heterocycles. The van der Waals surface area contributed by atoms with Gasteiger partial charge < -0.3 is 15.2 Å². The van der Waals surface area contributed by atoms with Gasteiger partial charge >= 0.3 is 11.8 Å². The third-order valence-corrected chi connectivity index (χ3v) is 4.19. The minimum absolute atomic E-state index is 0.130. The molecule has 110 valence electrons. The molecule has 0 unspecified atom stereocenters. The second-order valence-corrected chi connectivity index (χ2v) is 5.72. The third kappa shape index (κ3) is 2.51.